The summed E-state index contributed by atoms with van der Waals surface area (Å²) < 4.78 is 33.2. The molecule has 3 aromatic rings. The number of nitrogens with zero attached hydrogens (tertiary/aromatic N) is 5. The van der Waals surface area contributed by atoms with Crippen molar-refractivity contribution in [3.63, 3.8) is 0 Å². The fourth-order valence-corrected chi connectivity index (χ4v) is 4.72. The predicted octanol–water partition coefficient (Wildman–Crippen LogP) is 3.28. The Bertz CT molecular complexity index is 1160. The summed E-state index contributed by atoms with van der Waals surface area (Å²) in [6.07, 6.45) is 2.48. The van der Waals surface area contributed by atoms with Crippen LogP contribution in [0.15, 0.2) is 42.6 Å². The van der Waals surface area contributed by atoms with Crippen LogP contribution in [-0.2, 0) is 0 Å². The summed E-state index contributed by atoms with van der Waals surface area (Å²) in [5, 5.41) is 30.0. The molecule has 3 atom stereocenters. The van der Waals surface area contributed by atoms with Crippen LogP contribution in [0.4, 0.5) is 14.6 Å². The summed E-state index contributed by atoms with van der Waals surface area (Å²) in [6, 6.07) is 9.53. The van der Waals surface area contributed by atoms with Gasteiger partial charge in [0.25, 0.3) is 5.92 Å². The number of aromatic nitrogens is 4. The van der Waals surface area contributed by atoms with Gasteiger partial charge in [-0.15, -0.1) is 15.3 Å². The van der Waals surface area contributed by atoms with Crippen LogP contribution in [0.25, 0.3) is 22.4 Å². The fourth-order valence-electron chi connectivity index (χ4n) is 4.72. The number of phenols is 1. The maximum Gasteiger partial charge on any atom is 0.264 e. The van der Waals surface area contributed by atoms with E-state index >= 15 is 0 Å². The first-order valence-corrected chi connectivity index (χ1v) is 10.7. The number of ether oxygens (including phenoxy) is 1. The highest BCUT2D eigenvalue weighted by Crippen LogP contribution is 2.41. The highest BCUT2D eigenvalue weighted by molar-refractivity contribution is 5.74. The Balaban J connectivity index is 1.33. The van der Waals surface area contributed by atoms with Crippen LogP contribution in [0.1, 0.15) is 19.3 Å². The van der Waals surface area contributed by atoms with E-state index in [4.69, 9.17) is 4.74 Å². The van der Waals surface area contributed by atoms with Gasteiger partial charge in [0.2, 0.25) is 5.88 Å². The molecule has 4 heterocycles. The predicted molar refractivity (Wildman–Crippen MR) is 118 cm³/mol. The van der Waals surface area contributed by atoms with Gasteiger partial charge in [-0.2, -0.15) is 5.10 Å². The molecule has 2 aromatic heterocycles. The van der Waals surface area contributed by atoms with E-state index < -0.39 is 12.0 Å². The number of methoxy groups -OCH3 is 1. The van der Waals surface area contributed by atoms with E-state index in [1.165, 1.54) is 7.11 Å². The monoisotopic (exact) mass is 454 g/mol. The van der Waals surface area contributed by atoms with E-state index in [9.17, 15) is 13.9 Å². The molecule has 33 heavy (non-hydrogen) atoms. The van der Waals surface area contributed by atoms with Crippen molar-refractivity contribution in [1.29, 1.82) is 0 Å². The van der Waals surface area contributed by atoms with E-state index in [2.05, 4.69) is 25.7 Å². The molecule has 0 radical (unpaired) electrons. The van der Waals surface area contributed by atoms with E-state index in [1.54, 1.807) is 36.5 Å². The number of benzene rings is 1. The Morgan fingerprint density at radius 3 is 2.64 bits per heavy atom. The molecule has 2 fully saturated rings. The summed E-state index contributed by atoms with van der Waals surface area (Å²) >= 11 is 0. The maximum absolute atomic E-state index is 14.0. The highest BCUT2D eigenvalue weighted by Gasteiger charge is 2.53. The molecule has 0 aliphatic carbocycles. The van der Waals surface area contributed by atoms with Gasteiger partial charge in [0.1, 0.15) is 5.75 Å². The van der Waals surface area contributed by atoms with Crippen molar-refractivity contribution < 1.29 is 18.6 Å². The van der Waals surface area contributed by atoms with Crippen LogP contribution in [0.2, 0.25) is 0 Å². The molecule has 10 heteroatoms. The summed E-state index contributed by atoms with van der Waals surface area (Å²) in [7, 11) is 3.37. The summed E-state index contributed by atoms with van der Waals surface area (Å²) in [4.78, 5) is 1.92. The second-order valence-electron chi connectivity index (χ2n) is 8.61. The van der Waals surface area contributed by atoms with Gasteiger partial charge in [-0.1, -0.05) is 6.07 Å². The largest absolute Gasteiger partial charge is 0.507 e. The minimum atomic E-state index is -2.66. The van der Waals surface area contributed by atoms with E-state index in [-0.39, 0.29) is 24.3 Å². The summed E-state index contributed by atoms with van der Waals surface area (Å²) in [6.45, 7) is 0. The third-order valence-electron chi connectivity index (χ3n) is 6.54. The molecule has 172 valence electrons. The van der Waals surface area contributed by atoms with Crippen molar-refractivity contribution in [2.24, 2.45) is 0 Å². The average Bonchev–Trinajstić information content (AvgIpc) is 3.04. The smallest absolute Gasteiger partial charge is 0.264 e. The molecular weight excluding hydrogens is 430 g/mol. The molecule has 5 rings (SSSR count). The number of hydrogen-bond donors (Lipinski definition) is 2. The van der Waals surface area contributed by atoms with Crippen molar-refractivity contribution in [3.05, 3.63) is 42.6 Å². The lowest BCUT2D eigenvalue weighted by Gasteiger charge is -2.36. The quantitative estimate of drug-likeness (QED) is 0.607. The molecule has 2 aliphatic heterocycles. The molecule has 2 saturated heterocycles. The molecule has 1 aromatic carbocycles. The summed E-state index contributed by atoms with van der Waals surface area (Å²) in [5.41, 5.74) is 2.56. The number of phenolic OH excluding ortho intramolecular Hbond substituents is 1. The molecule has 0 spiro atoms. The zero-order valence-corrected chi connectivity index (χ0v) is 18.2. The Hall–Kier alpha value is -3.40. The Morgan fingerprint density at radius 2 is 1.94 bits per heavy atom. The van der Waals surface area contributed by atoms with Crippen LogP contribution in [0.5, 0.6) is 11.6 Å². The minimum absolute atomic E-state index is 0.0339. The first-order valence-electron chi connectivity index (χ1n) is 10.7. The molecule has 1 unspecified atom stereocenters. The standard InChI is InChI=1S/C23H24F2N6O2/c1-31(16-9-15-11-23(24,25)20(10-16)27-15)21-6-5-18(28-29-21)17-4-3-13(7-19(17)32)14-8-22(33-2)30-26-12-14/h3-8,12,15-16,20,27,32H,9-11H2,1-2H3/t15?,16-,20+/m0/s1. The number of alkyl halides is 2. The van der Waals surface area contributed by atoms with Crippen molar-refractivity contribution >= 4 is 5.82 Å². The molecule has 2 aliphatic rings. The first kappa shape index (κ1) is 21.4. The maximum atomic E-state index is 14.0. The Kier molecular flexibility index (Phi) is 5.32. The normalized spacial score (nSPS) is 23.3. The number of fused-ring (bicyclic) bond motifs is 2. The molecular formula is C23H24F2N6O2. The number of piperidine rings is 1. The van der Waals surface area contributed by atoms with Crippen molar-refractivity contribution in [1.82, 2.24) is 25.7 Å². The van der Waals surface area contributed by atoms with Gasteiger partial charge in [-0.25, -0.2) is 8.78 Å². The number of halogens is 2. The average molecular weight is 454 g/mol. The lowest BCUT2D eigenvalue weighted by atomic mass is 9.98. The van der Waals surface area contributed by atoms with Gasteiger partial charge in [0.05, 0.1) is 25.0 Å². The molecule has 0 amide bonds. The van der Waals surface area contributed by atoms with Crippen LogP contribution >= 0.6 is 0 Å². The molecule has 0 saturated carbocycles. The number of rotatable bonds is 5. The lowest BCUT2D eigenvalue weighted by Crippen LogP contribution is -2.49. The number of anilines is 1. The van der Waals surface area contributed by atoms with Crippen molar-refractivity contribution in [3.8, 4) is 34.0 Å². The Labute approximate surface area is 189 Å². The lowest BCUT2D eigenvalue weighted by molar-refractivity contribution is -0.0128. The van der Waals surface area contributed by atoms with Crippen LogP contribution < -0.4 is 15.0 Å². The second-order valence-corrected chi connectivity index (χ2v) is 8.61. The number of hydrogen-bond acceptors (Lipinski definition) is 8. The van der Waals surface area contributed by atoms with Crippen molar-refractivity contribution in [2.75, 3.05) is 19.1 Å². The zero-order valence-electron chi connectivity index (χ0n) is 18.2. The van der Waals surface area contributed by atoms with Crippen LogP contribution in [0, 0.1) is 0 Å². The number of nitrogens with one attached hydrogen (secondary N) is 1. The summed E-state index contributed by atoms with van der Waals surface area (Å²) in [5.74, 6) is -1.61. The van der Waals surface area contributed by atoms with Gasteiger partial charge in [-0.3, -0.25) is 0 Å². The third kappa shape index (κ3) is 4.06. The van der Waals surface area contributed by atoms with E-state index in [0.717, 1.165) is 11.1 Å². The van der Waals surface area contributed by atoms with E-state index in [1.807, 2.05) is 18.0 Å². The molecule has 2 N–H and O–H groups in total. The minimum Gasteiger partial charge on any atom is -0.507 e. The highest BCUT2D eigenvalue weighted by atomic mass is 19.3. The molecule has 8 nitrogen and oxygen atoms in total. The van der Waals surface area contributed by atoms with Gasteiger partial charge in [-0.05, 0) is 42.7 Å². The second kappa shape index (κ2) is 8.18. The topological polar surface area (TPSA) is 96.3 Å². The van der Waals surface area contributed by atoms with E-state index in [0.29, 0.717) is 35.8 Å². The van der Waals surface area contributed by atoms with Gasteiger partial charge in [0, 0.05) is 42.7 Å². The van der Waals surface area contributed by atoms with Gasteiger partial charge >= 0.3 is 0 Å². The zero-order chi connectivity index (χ0) is 23.2. The van der Waals surface area contributed by atoms with Gasteiger partial charge in [0.15, 0.2) is 5.82 Å². The fraction of sp³-hybridized carbons (Fsp3) is 0.391. The van der Waals surface area contributed by atoms with Gasteiger partial charge < -0.3 is 20.1 Å². The van der Waals surface area contributed by atoms with Crippen LogP contribution in [0.3, 0.4) is 0 Å². The van der Waals surface area contributed by atoms with Crippen LogP contribution in [-0.4, -0.2) is 63.7 Å². The third-order valence-corrected chi connectivity index (χ3v) is 6.54. The first-order chi connectivity index (χ1) is 15.8. The number of aromatic hydroxyl groups is 1. The van der Waals surface area contributed by atoms with Crippen molar-refractivity contribution in [2.45, 2.75) is 43.3 Å². The SMILES string of the molecule is COc1cc(-c2ccc(-c3ccc(N(C)[C@H]4CC5CC(F)(F)[C@@H](C4)N5)nn3)c(O)c2)cnn1. The molecule has 2 bridgehead atoms. The Morgan fingerprint density at radius 1 is 1.09 bits per heavy atom.